The first-order valence-corrected chi connectivity index (χ1v) is 9.00. The molecular formula is C17H21F2N3O2S. The molecule has 0 amide bonds. The molecule has 0 aliphatic rings. The number of rotatable bonds is 6. The number of hydrogen-bond acceptors (Lipinski definition) is 4. The van der Waals surface area contributed by atoms with Crippen LogP contribution in [-0.4, -0.2) is 40.4 Å². The lowest BCUT2D eigenvalue weighted by Crippen LogP contribution is -2.34. The van der Waals surface area contributed by atoms with Crippen molar-refractivity contribution in [2.24, 2.45) is 5.73 Å². The van der Waals surface area contributed by atoms with Crippen LogP contribution in [0.25, 0.3) is 0 Å². The quantitative estimate of drug-likeness (QED) is 0.849. The van der Waals surface area contributed by atoms with Gasteiger partial charge in [-0.2, -0.15) is 4.31 Å². The highest BCUT2D eigenvalue weighted by Gasteiger charge is 2.24. The maximum Gasteiger partial charge on any atom is 0.243 e. The van der Waals surface area contributed by atoms with Crippen molar-refractivity contribution in [1.82, 2.24) is 4.31 Å². The number of nitrogens with two attached hydrogens (primary N) is 1. The second-order valence-electron chi connectivity index (χ2n) is 5.99. The Labute approximate surface area is 146 Å². The second kappa shape index (κ2) is 7.47. The van der Waals surface area contributed by atoms with Gasteiger partial charge in [0.25, 0.3) is 0 Å². The van der Waals surface area contributed by atoms with Crippen molar-refractivity contribution >= 4 is 15.7 Å². The van der Waals surface area contributed by atoms with Crippen LogP contribution in [0.4, 0.5) is 14.5 Å². The average Bonchev–Trinajstić information content (AvgIpc) is 2.53. The predicted octanol–water partition coefficient (Wildman–Crippen LogP) is 2.35. The summed E-state index contributed by atoms with van der Waals surface area (Å²) in [5.74, 6) is -1.90. The van der Waals surface area contributed by atoms with E-state index in [-0.39, 0.29) is 6.54 Å². The third-order valence-electron chi connectivity index (χ3n) is 3.81. The van der Waals surface area contributed by atoms with E-state index in [0.29, 0.717) is 6.07 Å². The van der Waals surface area contributed by atoms with Crippen LogP contribution in [0.3, 0.4) is 0 Å². The molecule has 8 heteroatoms. The number of benzene rings is 2. The number of likely N-dealkylation sites (N-methyl/N-ethyl adjacent to an activating group) is 1. The average molecular weight is 369 g/mol. The summed E-state index contributed by atoms with van der Waals surface area (Å²) in [6.45, 7) is -0.0304. The highest BCUT2D eigenvalue weighted by Crippen LogP contribution is 2.22. The maximum atomic E-state index is 13.3. The molecule has 0 aliphatic heterocycles. The van der Waals surface area contributed by atoms with Gasteiger partial charge < -0.3 is 10.6 Å². The largest absolute Gasteiger partial charge is 0.378 e. The van der Waals surface area contributed by atoms with E-state index in [9.17, 15) is 17.2 Å². The predicted molar refractivity (Wildman–Crippen MR) is 93.9 cm³/mol. The standard InChI is InChI=1S/C17H21F2N3O2S/c1-21(2)15-6-4-5-12(7-15)17(20)11-22(3)25(23,24)16-9-13(18)8-14(19)10-16/h4-10,17H,11,20H2,1-3H3/t17-/m0/s1. The second-order valence-corrected chi connectivity index (χ2v) is 8.03. The SMILES string of the molecule is CN(C)c1cccc([C@@H](N)CN(C)S(=O)(=O)c2cc(F)cc(F)c2)c1. The van der Waals surface area contributed by atoms with Crippen molar-refractivity contribution in [2.75, 3.05) is 32.6 Å². The van der Waals surface area contributed by atoms with Crippen molar-refractivity contribution in [1.29, 1.82) is 0 Å². The molecule has 2 N–H and O–H groups in total. The minimum Gasteiger partial charge on any atom is -0.378 e. The summed E-state index contributed by atoms with van der Waals surface area (Å²) in [6, 6.07) is 9.02. The Kier molecular flexibility index (Phi) is 5.76. The van der Waals surface area contributed by atoms with Crippen molar-refractivity contribution in [3.8, 4) is 0 Å². The molecule has 0 aliphatic carbocycles. The van der Waals surface area contributed by atoms with Gasteiger partial charge in [-0.15, -0.1) is 0 Å². The Hall–Kier alpha value is -2.03. The molecule has 0 bridgehead atoms. The van der Waals surface area contributed by atoms with Gasteiger partial charge in [0.05, 0.1) is 4.90 Å². The summed E-state index contributed by atoms with van der Waals surface area (Å²) in [5.41, 5.74) is 7.83. The lowest BCUT2D eigenvalue weighted by Gasteiger charge is -2.22. The summed E-state index contributed by atoms with van der Waals surface area (Å²) in [4.78, 5) is 1.47. The van der Waals surface area contributed by atoms with Crippen LogP contribution < -0.4 is 10.6 Å². The summed E-state index contributed by atoms with van der Waals surface area (Å²) < 4.78 is 52.6. The van der Waals surface area contributed by atoms with Gasteiger partial charge in [-0.3, -0.25) is 0 Å². The van der Waals surface area contributed by atoms with E-state index < -0.39 is 32.6 Å². The first-order chi connectivity index (χ1) is 11.6. The first kappa shape index (κ1) is 19.3. The number of sulfonamides is 1. The van der Waals surface area contributed by atoms with Gasteiger partial charge >= 0.3 is 0 Å². The van der Waals surface area contributed by atoms with E-state index in [1.807, 2.05) is 37.2 Å². The maximum absolute atomic E-state index is 13.3. The molecule has 0 saturated carbocycles. The topological polar surface area (TPSA) is 66.6 Å². The van der Waals surface area contributed by atoms with Crippen molar-refractivity contribution in [3.05, 3.63) is 59.7 Å². The molecule has 0 radical (unpaired) electrons. The summed E-state index contributed by atoms with van der Waals surface area (Å²) in [7, 11) is 1.05. The Balaban J connectivity index is 2.22. The van der Waals surface area contributed by atoms with E-state index in [2.05, 4.69) is 0 Å². The van der Waals surface area contributed by atoms with Crippen molar-refractivity contribution < 1.29 is 17.2 Å². The smallest absolute Gasteiger partial charge is 0.243 e. The minimum absolute atomic E-state index is 0.0304. The van der Waals surface area contributed by atoms with Crippen LogP contribution in [0.2, 0.25) is 0 Å². The normalized spacial score (nSPS) is 13.1. The van der Waals surface area contributed by atoms with Gasteiger partial charge in [0.2, 0.25) is 10.0 Å². The number of hydrogen-bond donors (Lipinski definition) is 1. The van der Waals surface area contributed by atoms with Crippen LogP contribution >= 0.6 is 0 Å². The number of halogens is 2. The number of anilines is 1. The Bertz CT molecular complexity index is 836. The van der Waals surface area contributed by atoms with Crippen LogP contribution in [0.15, 0.2) is 47.4 Å². The van der Waals surface area contributed by atoms with E-state index >= 15 is 0 Å². The van der Waals surface area contributed by atoms with Gasteiger partial charge in [0.1, 0.15) is 11.6 Å². The minimum atomic E-state index is -4.05. The monoisotopic (exact) mass is 369 g/mol. The van der Waals surface area contributed by atoms with Gasteiger partial charge in [-0.05, 0) is 29.8 Å². The Morgan fingerprint density at radius 3 is 2.20 bits per heavy atom. The molecule has 1 atom stereocenters. The molecule has 0 saturated heterocycles. The molecule has 136 valence electrons. The van der Waals surface area contributed by atoms with Crippen molar-refractivity contribution in [2.45, 2.75) is 10.9 Å². The zero-order chi connectivity index (χ0) is 18.8. The fraction of sp³-hybridized carbons (Fsp3) is 0.294. The molecule has 2 aromatic carbocycles. The highest BCUT2D eigenvalue weighted by molar-refractivity contribution is 7.89. The van der Waals surface area contributed by atoms with Gasteiger partial charge in [0, 0.05) is 45.5 Å². The summed E-state index contributed by atoms with van der Waals surface area (Å²) in [5, 5.41) is 0. The highest BCUT2D eigenvalue weighted by atomic mass is 32.2. The fourth-order valence-corrected chi connectivity index (χ4v) is 3.61. The zero-order valence-electron chi connectivity index (χ0n) is 14.3. The van der Waals surface area contributed by atoms with Crippen LogP contribution in [-0.2, 0) is 10.0 Å². The van der Waals surface area contributed by atoms with Crippen molar-refractivity contribution in [3.63, 3.8) is 0 Å². The third-order valence-corrected chi connectivity index (χ3v) is 5.61. The van der Waals surface area contributed by atoms with Crippen LogP contribution in [0.1, 0.15) is 11.6 Å². The summed E-state index contributed by atoms with van der Waals surface area (Å²) in [6.07, 6.45) is 0. The van der Waals surface area contributed by atoms with E-state index in [1.165, 1.54) is 7.05 Å². The lowest BCUT2D eigenvalue weighted by molar-refractivity contribution is 0.438. The summed E-state index contributed by atoms with van der Waals surface area (Å²) >= 11 is 0. The Morgan fingerprint density at radius 1 is 1.04 bits per heavy atom. The molecule has 0 fully saturated rings. The van der Waals surface area contributed by atoms with Gasteiger partial charge in [-0.25, -0.2) is 17.2 Å². The zero-order valence-corrected chi connectivity index (χ0v) is 15.1. The lowest BCUT2D eigenvalue weighted by atomic mass is 10.1. The molecule has 0 unspecified atom stereocenters. The molecule has 0 spiro atoms. The van der Waals surface area contributed by atoms with Gasteiger partial charge in [-0.1, -0.05) is 12.1 Å². The van der Waals surface area contributed by atoms with E-state index in [0.717, 1.165) is 27.7 Å². The molecule has 0 aromatic heterocycles. The molecular weight excluding hydrogens is 348 g/mol. The Morgan fingerprint density at radius 2 is 1.64 bits per heavy atom. The van der Waals surface area contributed by atoms with E-state index in [4.69, 9.17) is 5.73 Å². The first-order valence-electron chi connectivity index (χ1n) is 7.56. The molecule has 5 nitrogen and oxygen atoms in total. The molecule has 25 heavy (non-hydrogen) atoms. The number of nitrogens with zero attached hydrogens (tertiary/aromatic N) is 2. The molecule has 2 aromatic rings. The van der Waals surface area contributed by atoms with E-state index in [1.54, 1.807) is 6.07 Å². The fourth-order valence-electron chi connectivity index (χ4n) is 2.37. The van der Waals surface area contributed by atoms with Gasteiger partial charge in [0.15, 0.2) is 0 Å². The van der Waals surface area contributed by atoms with Crippen LogP contribution in [0.5, 0.6) is 0 Å². The molecule has 0 heterocycles. The van der Waals surface area contributed by atoms with Crippen LogP contribution in [0, 0.1) is 11.6 Å². The third kappa shape index (κ3) is 4.53. The molecule has 2 rings (SSSR count).